The predicted molar refractivity (Wildman–Crippen MR) is 124 cm³/mol. The monoisotopic (exact) mass is 451 g/mol. The van der Waals surface area contributed by atoms with Crippen LogP contribution in [-0.4, -0.2) is 38.0 Å². The summed E-state index contributed by atoms with van der Waals surface area (Å²) in [6.45, 7) is 6.06. The molecule has 4 aromatic rings. The third-order valence-electron chi connectivity index (χ3n) is 4.66. The standard InChI is InChI=1S/C22H21N5O2S2/c1-4-11-27(21-23-18(13-30-21)16-8-6-5-7-9-16)19(28)14-31-22-25-24-20(26(22)3)17-10-12-29-15(17)2/h4-10,12-13H,1,11,14H2,2-3H3. The number of aryl methyl sites for hydroxylation is 1. The lowest BCUT2D eigenvalue weighted by Gasteiger charge is -2.17. The Morgan fingerprint density at radius 1 is 1.29 bits per heavy atom. The largest absolute Gasteiger partial charge is 0.469 e. The van der Waals surface area contributed by atoms with Crippen molar-refractivity contribution in [3.05, 3.63) is 66.5 Å². The number of anilines is 1. The number of carbonyl (C=O) groups excluding carboxylic acids is 1. The first-order chi connectivity index (χ1) is 15.1. The zero-order valence-corrected chi connectivity index (χ0v) is 18.8. The zero-order chi connectivity index (χ0) is 21.8. The summed E-state index contributed by atoms with van der Waals surface area (Å²) >= 11 is 2.78. The second-order valence-electron chi connectivity index (χ2n) is 6.72. The number of furan rings is 1. The highest BCUT2D eigenvalue weighted by molar-refractivity contribution is 7.99. The summed E-state index contributed by atoms with van der Waals surface area (Å²) in [6.07, 6.45) is 3.33. The number of hydrogen-bond donors (Lipinski definition) is 0. The van der Waals surface area contributed by atoms with Gasteiger partial charge in [-0.25, -0.2) is 4.98 Å². The van der Waals surface area contributed by atoms with Gasteiger partial charge in [0.25, 0.3) is 0 Å². The molecular formula is C22H21N5O2S2. The Bertz CT molecular complexity index is 1200. The second kappa shape index (κ2) is 9.32. The van der Waals surface area contributed by atoms with Crippen LogP contribution in [0, 0.1) is 6.92 Å². The van der Waals surface area contributed by atoms with Crippen LogP contribution in [0.5, 0.6) is 0 Å². The Balaban J connectivity index is 1.48. The summed E-state index contributed by atoms with van der Waals surface area (Å²) in [5, 5.41) is 11.8. The van der Waals surface area contributed by atoms with Crippen LogP contribution in [0.15, 0.2) is 70.3 Å². The van der Waals surface area contributed by atoms with Gasteiger partial charge in [0.2, 0.25) is 5.91 Å². The van der Waals surface area contributed by atoms with Crippen molar-refractivity contribution < 1.29 is 9.21 Å². The van der Waals surface area contributed by atoms with Crippen molar-refractivity contribution in [2.75, 3.05) is 17.2 Å². The molecule has 0 fully saturated rings. The highest BCUT2D eigenvalue weighted by Gasteiger charge is 2.21. The van der Waals surface area contributed by atoms with Crippen LogP contribution in [0.1, 0.15) is 5.76 Å². The fraction of sp³-hybridized carbons (Fsp3) is 0.182. The molecule has 3 heterocycles. The first-order valence-corrected chi connectivity index (χ1v) is 11.4. The minimum atomic E-state index is -0.0668. The van der Waals surface area contributed by atoms with Crippen molar-refractivity contribution in [1.82, 2.24) is 19.7 Å². The molecule has 4 rings (SSSR count). The third kappa shape index (κ3) is 4.47. The summed E-state index contributed by atoms with van der Waals surface area (Å²) < 4.78 is 7.22. The molecule has 158 valence electrons. The number of hydrogen-bond acceptors (Lipinski definition) is 7. The first kappa shape index (κ1) is 21.1. The molecule has 9 heteroatoms. The molecule has 0 atom stereocenters. The maximum absolute atomic E-state index is 13.0. The third-order valence-corrected chi connectivity index (χ3v) is 6.53. The van der Waals surface area contributed by atoms with Gasteiger partial charge in [0.05, 0.1) is 23.3 Å². The van der Waals surface area contributed by atoms with Gasteiger partial charge in [-0.05, 0) is 13.0 Å². The number of carbonyl (C=O) groups is 1. The zero-order valence-electron chi connectivity index (χ0n) is 17.2. The molecule has 0 aliphatic heterocycles. The Morgan fingerprint density at radius 2 is 2.10 bits per heavy atom. The van der Waals surface area contributed by atoms with Crippen LogP contribution in [0.2, 0.25) is 0 Å². The van der Waals surface area contributed by atoms with Gasteiger partial charge in [0.1, 0.15) is 5.76 Å². The van der Waals surface area contributed by atoms with Crippen LogP contribution in [0.3, 0.4) is 0 Å². The van der Waals surface area contributed by atoms with Crippen molar-refractivity contribution in [2.24, 2.45) is 7.05 Å². The van der Waals surface area contributed by atoms with E-state index in [1.54, 1.807) is 17.2 Å². The Kier molecular flexibility index (Phi) is 6.34. The van der Waals surface area contributed by atoms with Gasteiger partial charge in [0, 0.05) is 24.5 Å². The maximum Gasteiger partial charge on any atom is 0.239 e. The average Bonchev–Trinajstić information content (AvgIpc) is 3.51. The maximum atomic E-state index is 13.0. The summed E-state index contributed by atoms with van der Waals surface area (Å²) in [7, 11) is 1.88. The van der Waals surface area contributed by atoms with Crippen molar-refractivity contribution in [2.45, 2.75) is 12.1 Å². The van der Waals surface area contributed by atoms with Crippen LogP contribution in [0.25, 0.3) is 22.6 Å². The van der Waals surface area contributed by atoms with Crippen molar-refractivity contribution >= 4 is 34.1 Å². The number of thiazole rings is 1. The smallest absolute Gasteiger partial charge is 0.239 e. The minimum Gasteiger partial charge on any atom is -0.469 e. The van der Waals surface area contributed by atoms with Crippen LogP contribution < -0.4 is 4.90 Å². The topological polar surface area (TPSA) is 77.0 Å². The number of nitrogens with zero attached hydrogens (tertiary/aromatic N) is 5. The Hall–Kier alpha value is -3.17. The number of amides is 1. The molecule has 1 amide bonds. The summed E-state index contributed by atoms with van der Waals surface area (Å²) in [6, 6.07) is 11.8. The first-order valence-electron chi connectivity index (χ1n) is 9.57. The van der Waals surface area contributed by atoms with E-state index in [0.29, 0.717) is 22.7 Å². The average molecular weight is 452 g/mol. The SMILES string of the molecule is C=CCN(C(=O)CSc1nnc(-c2ccoc2C)n1C)c1nc(-c2ccccc2)cs1. The Labute approximate surface area is 188 Å². The van der Waals surface area contributed by atoms with Gasteiger partial charge in [-0.15, -0.1) is 28.1 Å². The highest BCUT2D eigenvalue weighted by Crippen LogP contribution is 2.29. The van der Waals surface area contributed by atoms with Crippen LogP contribution >= 0.6 is 23.1 Å². The number of benzene rings is 1. The molecule has 0 bridgehead atoms. The van der Waals surface area contributed by atoms with E-state index in [1.165, 1.54) is 23.1 Å². The summed E-state index contributed by atoms with van der Waals surface area (Å²) in [4.78, 5) is 19.3. The van der Waals surface area contributed by atoms with Gasteiger partial charge in [-0.2, -0.15) is 0 Å². The molecule has 3 aromatic heterocycles. The minimum absolute atomic E-state index is 0.0668. The molecule has 0 radical (unpaired) electrons. The van der Waals surface area contributed by atoms with Crippen molar-refractivity contribution in [1.29, 1.82) is 0 Å². The van der Waals surface area contributed by atoms with E-state index >= 15 is 0 Å². The number of thioether (sulfide) groups is 1. The number of rotatable bonds is 8. The van der Waals surface area contributed by atoms with Gasteiger partial charge >= 0.3 is 0 Å². The van der Waals surface area contributed by atoms with Crippen molar-refractivity contribution in [3.63, 3.8) is 0 Å². The molecule has 0 spiro atoms. The van der Waals surface area contributed by atoms with E-state index in [1.807, 2.05) is 60.3 Å². The second-order valence-corrected chi connectivity index (χ2v) is 8.50. The lowest BCUT2D eigenvalue weighted by molar-refractivity contribution is -0.116. The molecule has 0 saturated carbocycles. The van der Waals surface area contributed by atoms with Gasteiger partial charge in [-0.1, -0.05) is 48.2 Å². The molecule has 1 aromatic carbocycles. The van der Waals surface area contributed by atoms with Crippen LogP contribution in [-0.2, 0) is 11.8 Å². The van der Waals surface area contributed by atoms with E-state index in [-0.39, 0.29) is 11.7 Å². The molecule has 0 unspecified atom stereocenters. The summed E-state index contributed by atoms with van der Waals surface area (Å²) in [5.41, 5.74) is 2.76. The number of aromatic nitrogens is 4. The van der Waals surface area contributed by atoms with Gasteiger partial charge < -0.3 is 8.98 Å². The van der Waals surface area contributed by atoms with E-state index in [9.17, 15) is 4.79 Å². The van der Waals surface area contributed by atoms with Gasteiger partial charge in [0.15, 0.2) is 16.1 Å². The van der Waals surface area contributed by atoms with E-state index in [2.05, 4.69) is 21.8 Å². The highest BCUT2D eigenvalue weighted by atomic mass is 32.2. The lowest BCUT2D eigenvalue weighted by atomic mass is 10.2. The fourth-order valence-corrected chi connectivity index (χ4v) is 4.69. The molecule has 7 nitrogen and oxygen atoms in total. The molecule has 0 aliphatic rings. The predicted octanol–water partition coefficient (Wildman–Crippen LogP) is 4.82. The normalized spacial score (nSPS) is 10.9. The lowest BCUT2D eigenvalue weighted by Crippen LogP contribution is -2.32. The van der Waals surface area contributed by atoms with Crippen LogP contribution in [0.4, 0.5) is 5.13 Å². The summed E-state index contributed by atoms with van der Waals surface area (Å²) in [5.74, 6) is 1.63. The van der Waals surface area contributed by atoms with Crippen molar-refractivity contribution in [3.8, 4) is 22.6 Å². The molecule has 31 heavy (non-hydrogen) atoms. The van der Waals surface area contributed by atoms with E-state index in [4.69, 9.17) is 4.42 Å². The molecule has 0 aliphatic carbocycles. The fourth-order valence-electron chi connectivity index (χ4n) is 3.04. The Morgan fingerprint density at radius 3 is 2.81 bits per heavy atom. The van der Waals surface area contributed by atoms with E-state index < -0.39 is 0 Å². The quantitative estimate of drug-likeness (QED) is 0.282. The van der Waals surface area contributed by atoms with Gasteiger partial charge in [-0.3, -0.25) is 9.69 Å². The molecule has 0 saturated heterocycles. The van der Waals surface area contributed by atoms with E-state index in [0.717, 1.165) is 22.6 Å². The molecular weight excluding hydrogens is 430 g/mol. The molecule has 0 N–H and O–H groups in total.